The van der Waals surface area contributed by atoms with Crippen LogP contribution in [0.25, 0.3) is 11.1 Å². The van der Waals surface area contributed by atoms with Crippen LogP contribution in [0.4, 0.5) is 4.39 Å². The molecule has 2 rings (SSSR count). The molecule has 0 radical (unpaired) electrons. The van der Waals surface area contributed by atoms with Gasteiger partial charge in [-0.05, 0) is 31.5 Å². The first-order valence-corrected chi connectivity index (χ1v) is 6.04. The fourth-order valence-electron chi connectivity index (χ4n) is 2.16. The van der Waals surface area contributed by atoms with Gasteiger partial charge in [0, 0.05) is 18.3 Å². The maximum atomic E-state index is 13.0. The Balaban J connectivity index is 2.86. The Labute approximate surface area is 115 Å². The Morgan fingerprint density at radius 3 is 2.30 bits per heavy atom. The Morgan fingerprint density at radius 1 is 1.25 bits per heavy atom. The number of hydrogen-bond acceptors (Lipinski definition) is 3. The van der Waals surface area contributed by atoms with Gasteiger partial charge in [0.1, 0.15) is 17.1 Å². The van der Waals surface area contributed by atoms with E-state index in [0.29, 0.717) is 16.8 Å². The zero-order valence-corrected chi connectivity index (χ0v) is 11.4. The van der Waals surface area contributed by atoms with Crippen molar-refractivity contribution in [1.82, 2.24) is 4.57 Å². The highest BCUT2D eigenvalue weighted by atomic mass is 19.1. The van der Waals surface area contributed by atoms with Gasteiger partial charge in [-0.2, -0.15) is 0 Å². The number of benzene rings is 1. The third-order valence-electron chi connectivity index (χ3n) is 3.34. The second kappa shape index (κ2) is 4.92. The van der Waals surface area contributed by atoms with Crippen LogP contribution in [0.2, 0.25) is 0 Å². The highest BCUT2D eigenvalue weighted by Gasteiger charge is 2.21. The summed E-state index contributed by atoms with van der Waals surface area (Å²) in [6.07, 6.45) is 0. The van der Waals surface area contributed by atoms with E-state index in [0.717, 1.165) is 0 Å². The van der Waals surface area contributed by atoms with Gasteiger partial charge < -0.3 is 9.67 Å². The van der Waals surface area contributed by atoms with Crippen molar-refractivity contribution in [3.8, 4) is 16.9 Å². The molecule has 104 valence electrons. The lowest BCUT2D eigenvalue weighted by molar-refractivity contribution is 0.101. The molecule has 0 spiro atoms. The maximum absolute atomic E-state index is 13.0. The summed E-state index contributed by atoms with van der Waals surface area (Å²) in [5, 5.41) is 10.2. The van der Waals surface area contributed by atoms with Crippen molar-refractivity contribution in [3.63, 3.8) is 0 Å². The number of rotatable bonds is 2. The fraction of sp³-hybridized carbons (Fsp3) is 0.200. The van der Waals surface area contributed by atoms with Gasteiger partial charge in [-0.3, -0.25) is 9.59 Å². The second-order valence-electron chi connectivity index (χ2n) is 4.61. The van der Waals surface area contributed by atoms with E-state index >= 15 is 0 Å². The molecule has 20 heavy (non-hydrogen) atoms. The summed E-state index contributed by atoms with van der Waals surface area (Å²) in [6, 6.07) is 5.50. The molecule has 1 aromatic heterocycles. The van der Waals surface area contributed by atoms with E-state index in [1.165, 1.54) is 42.8 Å². The zero-order chi connectivity index (χ0) is 15.0. The number of carbonyl (C=O) groups excluding carboxylic acids is 1. The lowest BCUT2D eigenvalue weighted by Crippen LogP contribution is -2.26. The summed E-state index contributed by atoms with van der Waals surface area (Å²) in [5.41, 5.74) is 0.608. The molecule has 2 aromatic rings. The molecule has 0 bridgehead atoms. The first-order chi connectivity index (χ1) is 9.34. The minimum Gasteiger partial charge on any atom is -0.506 e. The first kappa shape index (κ1) is 14.0. The first-order valence-electron chi connectivity index (χ1n) is 6.04. The summed E-state index contributed by atoms with van der Waals surface area (Å²) in [7, 11) is 1.52. The highest BCUT2D eigenvalue weighted by Crippen LogP contribution is 2.33. The summed E-state index contributed by atoms with van der Waals surface area (Å²) < 4.78 is 14.3. The molecule has 0 unspecified atom stereocenters. The molecule has 0 fully saturated rings. The SMILES string of the molecule is CC(=O)c1c(O)c(-c2ccc(F)cc2)c(C)n(C)c1=O. The Bertz CT molecular complexity index is 745. The summed E-state index contributed by atoms with van der Waals surface area (Å²) in [5.74, 6) is -1.27. The predicted molar refractivity (Wildman–Crippen MR) is 73.5 cm³/mol. The summed E-state index contributed by atoms with van der Waals surface area (Å²) >= 11 is 0. The van der Waals surface area contributed by atoms with Crippen LogP contribution in [-0.4, -0.2) is 15.5 Å². The molecular weight excluding hydrogens is 261 g/mol. The van der Waals surface area contributed by atoms with Crippen molar-refractivity contribution in [2.24, 2.45) is 7.05 Å². The Hall–Kier alpha value is -2.43. The molecule has 5 heteroatoms. The average molecular weight is 275 g/mol. The normalized spacial score (nSPS) is 10.6. The minimum atomic E-state index is -0.543. The van der Waals surface area contributed by atoms with E-state index in [9.17, 15) is 19.1 Å². The fourth-order valence-corrected chi connectivity index (χ4v) is 2.16. The molecule has 1 heterocycles. The number of ketones is 1. The van der Waals surface area contributed by atoms with Gasteiger partial charge in [0.2, 0.25) is 0 Å². The number of nitrogens with zero attached hydrogens (tertiary/aromatic N) is 1. The number of aromatic hydroxyl groups is 1. The molecule has 1 N–H and O–H groups in total. The number of Topliss-reactive ketones (excluding diaryl/α,β-unsaturated/α-hetero) is 1. The van der Waals surface area contributed by atoms with Crippen LogP contribution in [0.3, 0.4) is 0 Å². The van der Waals surface area contributed by atoms with Crippen molar-refractivity contribution in [2.45, 2.75) is 13.8 Å². The Morgan fingerprint density at radius 2 is 1.80 bits per heavy atom. The van der Waals surface area contributed by atoms with Crippen LogP contribution in [0.1, 0.15) is 23.0 Å². The van der Waals surface area contributed by atoms with Gasteiger partial charge in [-0.1, -0.05) is 12.1 Å². The molecule has 0 saturated heterocycles. The maximum Gasteiger partial charge on any atom is 0.265 e. The minimum absolute atomic E-state index is 0.252. The smallest absolute Gasteiger partial charge is 0.265 e. The molecule has 0 aliphatic heterocycles. The van der Waals surface area contributed by atoms with E-state index in [-0.39, 0.29) is 11.3 Å². The van der Waals surface area contributed by atoms with Crippen LogP contribution in [0, 0.1) is 12.7 Å². The van der Waals surface area contributed by atoms with Gasteiger partial charge >= 0.3 is 0 Å². The standard InChI is InChI=1S/C15H14FNO3/c1-8-12(10-4-6-11(16)7-5-10)14(19)13(9(2)18)15(20)17(8)3/h4-7,19H,1-3H3. The Kier molecular flexibility index (Phi) is 3.44. The number of hydrogen-bond donors (Lipinski definition) is 1. The number of carbonyl (C=O) groups is 1. The van der Waals surface area contributed by atoms with Crippen LogP contribution < -0.4 is 5.56 Å². The van der Waals surface area contributed by atoms with Crippen molar-refractivity contribution >= 4 is 5.78 Å². The van der Waals surface area contributed by atoms with Gasteiger partial charge in [0.05, 0.1) is 0 Å². The molecule has 0 amide bonds. The van der Waals surface area contributed by atoms with E-state index in [2.05, 4.69) is 0 Å². The van der Waals surface area contributed by atoms with Gasteiger partial charge in [0.15, 0.2) is 5.78 Å². The summed E-state index contributed by atoms with van der Waals surface area (Å²) in [6.45, 7) is 2.88. The third kappa shape index (κ3) is 2.11. The van der Waals surface area contributed by atoms with Gasteiger partial charge in [-0.15, -0.1) is 0 Å². The van der Waals surface area contributed by atoms with Crippen LogP contribution in [0.15, 0.2) is 29.1 Å². The van der Waals surface area contributed by atoms with Crippen molar-refractivity contribution < 1.29 is 14.3 Å². The van der Waals surface area contributed by atoms with Gasteiger partial charge in [-0.25, -0.2) is 4.39 Å². The monoisotopic (exact) mass is 275 g/mol. The predicted octanol–water partition coefficient (Wildman–Crippen LogP) is 2.41. The van der Waals surface area contributed by atoms with Crippen molar-refractivity contribution in [1.29, 1.82) is 0 Å². The number of aromatic nitrogens is 1. The van der Waals surface area contributed by atoms with Gasteiger partial charge in [0.25, 0.3) is 5.56 Å². The lowest BCUT2D eigenvalue weighted by atomic mass is 9.99. The zero-order valence-electron chi connectivity index (χ0n) is 11.4. The van der Waals surface area contributed by atoms with E-state index < -0.39 is 17.2 Å². The highest BCUT2D eigenvalue weighted by molar-refractivity contribution is 5.99. The largest absolute Gasteiger partial charge is 0.506 e. The quantitative estimate of drug-likeness (QED) is 0.856. The third-order valence-corrected chi connectivity index (χ3v) is 3.34. The van der Waals surface area contributed by atoms with Crippen molar-refractivity contribution in [3.05, 3.63) is 51.7 Å². The van der Waals surface area contributed by atoms with Crippen LogP contribution in [-0.2, 0) is 7.05 Å². The molecule has 0 saturated carbocycles. The molecule has 0 atom stereocenters. The van der Waals surface area contributed by atoms with Crippen molar-refractivity contribution in [2.75, 3.05) is 0 Å². The van der Waals surface area contributed by atoms with E-state index in [1.807, 2.05) is 0 Å². The molecule has 1 aromatic carbocycles. The topological polar surface area (TPSA) is 59.3 Å². The average Bonchev–Trinajstić information content (AvgIpc) is 2.38. The molecule has 0 aliphatic carbocycles. The van der Waals surface area contributed by atoms with E-state index in [4.69, 9.17) is 0 Å². The van der Waals surface area contributed by atoms with E-state index in [1.54, 1.807) is 6.92 Å². The number of halogens is 1. The molecular formula is C15H14FNO3. The second-order valence-corrected chi connectivity index (χ2v) is 4.61. The summed E-state index contributed by atoms with van der Waals surface area (Å²) in [4.78, 5) is 23.6. The van der Waals surface area contributed by atoms with Crippen LogP contribution >= 0.6 is 0 Å². The molecule has 4 nitrogen and oxygen atoms in total. The molecule has 0 aliphatic rings. The number of pyridine rings is 1. The van der Waals surface area contributed by atoms with Crippen LogP contribution in [0.5, 0.6) is 5.75 Å². The lowest BCUT2D eigenvalue weighted by Gasteiger charge is -2.15.